The van der Waals surface area contributed by atoms with E-state index in [9.17, 15) is 0 Å². The van der Waals surface area contributed by atoms with Gasteiger partial charge in [0.15, 0.2) is 0 Å². The smallest absolute Gasteiger partial charge is 0.119 e. The molecule has 0 saturated carbocycles. The minimum absolute atomic E-state index is 0.516. The van der Waals surface area contributed by atoms with E-state index >= 15 is 0 Å². The summed E-state index contributed by atoms with van der Waals surface area (Å²) in [5.41, 5.74) is 1.33. The lowest BCUT2D eigenvalue weighted by atomic mass is 10.2. The number of ether oxygens (including phenoxy) is 2. The fraction of sp³-hybridized carbons (Fsp3) is 0.600. The minimum Gasteiger partial charge on any atom is -0.491 e. The summed E-state index contributed by atoms with van der Waals surface area (Å²) in [4.78, 5) is 0. The lowest BCUT2D eigenvalue weighted by Crippen LogP contribution is -2.27. The van der Waals surface area contributed by atoms with Crippen LogP contribution < -0.4 is 10.1 Å². The first-order valence-electron chi connectivity index (χ1n) is 6.75. The van der Waals surface area contributed by atoms with Crippen LogP contribution in [0.2, 0.25) is 0 Å². The van der Waals surface area contributed by atoms with Gasteiger partial charge in [-0.05, 0) is 24.1 Å². The van der Waals surface area contributed by atoms with Gasteiger partial charge in [0, 0.05) is 12.6 Å². The Morgan fingerprint density at radius 1 is 1.06 bits per heavy atom. The number of hydrogen-bond acceptors (Lipinski definition) is 3. The molecule has 0 aromatic heterocycles. The Morgan fingerprint density at radius 3 is 2.39 bits per heavy atom. The van der Waals surface area contributed by atoms with E-state index in [0.29, 0.717) is 19.3 Å². The van der Waals surface area contributed by atoms with E-state index in [-0.39, 0.29) is 0 Å². The monoisotopic (exact) mass is 251 g/mol. The van der Waals surface area contributed by atoms with E-state index in [1.54, 1.807) is 0 Å². The lowest BCUT2D eigenvalue weighted by molar-refractivity contribution is 0.101. The first-order chi connectivity index (χ1) is 8.72. The van der Waals surface area contributed by atoms with E-state index < -0.39 is 0 Å². The van der Waals surface area contributed by atoms with Crippen molar-refractivity contribution < 1.29 is 9.47 Å². The molecular formula is C15H25NO2. The molecule has 0 aliphatic heterocycles. The van der Waals surface area contributed by atoms with Crippen LogP contribution in [0.25, 0.3) is 0 Å². The van der Waals surface area contributed by atoms with Crippen molar-refractivity contribution in [2.24, 2.45) is 0 Å². The minimum atomic E-state index is 0.516. The molecule has 0 amide bonds. The Kier molecular flexibility index (Phi) is 7.46. The van der Waals surface area contributed by atoms with Gasteiger partial charge in [0.25, 0.3) is 0 Å². The molecule has 18 heavy (non-hydrogen) atoms. The predicted molar refractivity (Wildman–Crippen MR) is 75.3 cm³/mol. The Hall–Kier alpha value is -1.06. The highest BCUT2D eigenvalue weighted by atomic mass is 16.5. The summed E-state index contributed by atoms with van der Waals surface area (Å²) < 4.78 is 11.1. The normalized spacial score (nSPS) is 10.9. The van der Waals surface area contributed by atoms with Crippen molar-refractivity contribution in [3.63, 3.8) is 0 Å². The van der Waals surface area contributed by atoms with Crippen LogP contribution in [-0.4, -0.2) is 32.4 Å². The quantitative estimate of drug-likeness (QED) is 0.684. The van der Waals surface area contributed by atoms with E-state index in [1.165, 1.54) is 5.56 Å². The average Bonchev–Trinajstić information content (AvgIpc) is 2.38. The van der Waals surface area contributed by atoms with Gasteiger partial charge >= 0.3 is 0 Å². The molecule has 0 unspecified atom stereocenters. The third-order valence-corrected chi connectivity index (χ3v) is 2.63. The molecule has 102 valence electrons. The zero-order valence-electron chi connectivity index (χ0n) is 11.7. The molecule has 0 aliphatic rings. The molecule has 1 rings (SSSR count). The van der Waals surface area contributed by atoms with E-state index in [0.717, 1.165) is 25.3 Å². The van der Waals surface area contributed by atoms with Crippen molar-refractivity contribution in [3.8, 4) is 5.75 Å². The molecular weight excluding hydrogens is 226 g/mol. The van der Waals surface area contributed by atoms with Gasteiger partial charge in [-0.2, -0.15) is 0 Å². The second-order valence-corrected chi connectivity index (χ2v) is 4.57. The van der Waals surface area contributed by atoms with Gasteiger partial charge in [0.1, 0.15) is 12.4 Å². The Bertz CT molecular complexity index is 309. The first kappa shape index (κ1) is 15.0. The zero-order chi connectivity index (χ0) is 13.2. The van der Waals surface area contributed by atoms with Gasteiger partial charge in [-0.25, -0.2) is 0 Å². The lowest BCUT2D eigenvalue weighted by Gasteiger charge is -2.09. The fourth-order valence-corrected chi connectivity index (χ4v) is 1.56. The third-order valence-electron chi connectivity index (χ3n) is 2.63. The van der Waals surface area contributed by atoms with E-state index in [4.69, 9.17) is 9.47 Å². The summed E-state index contributed by atoms with van der Waals surface area (Å²) >= 11 is 0. The van der Waals surface area contributed by atoms with Crippen molar-refractivity contribution in [2.75, 3.05) is 26.4 Å². The summed E-state index contributed by atoms with van der Waals surface area (Å²) in [6, 6.07) is 8.74. The molecule has 1 N–H and O–H groups in total. The van der Waals surface area contributed by atoms with Crippen molar-refractivity contribution in [2.45, 2.75) is 33.2 Å². The predicted octanol–water partition coefficient (Wildman–Crippen LogP) is 2.64. The molecule has 0 spiro atoms. The van der Waals surface area contributed by atoms with Gasteiger partial charge in [0.05, 0.1) is 13.2 Å². The van der Waals surface area contributed by atoms with Crippen LogP contribution in [0.5, 0.6) is 5.75 Å². The molecule has 0 heterocycles. The highest BCUT2D eigenvalue weighted by Gasteiger charge is 1.95. The molecule has 0 bridgehead atoms. The van der Waals surface area contributed by atoms with Crippen molar-refractivity contribution >= 4 is 0 Å². The standard InChI is InChI=1S/C15H25NO2/c1-4-14-5-7-15(8-6-14)18-12-11-17-10-9-16-13(2)3/h5-8,13,16H,4,9-12H2,1-3H3. The van der Waals surface area contributed by atoms with Crippen LogP contribution in [0, 0.1) is 0 Å². The van der Waals surface area contributed by atoms with Crippen LogP contribution >= 0.6 is 0 Å². The van der Waals surface area contributed by atoms with Crippen LogP contribution in [0.15, 0.2) is 24.3 Å². The maximum atomic E-state index is 5.59. The van der Waals surface area contributed by atoms with Crippen LogP contribution in [-0.2, 0) is 11.2 Å². The van der Waals surface area contributed by atoms with Crippen molar-refractivity contribution in [1.29, 1.82) is 0 Å². The summed E-state index contributed by atoms with van der Waals surface area (Å²) in [7, 11) is 0. The van der Waals surface area contributed by atoms with Gasteiger partial charge in [-0.3, -0.25) is 0 Å². The van der Waals surface area contributed by atoms with Crippen molar-refractivity contribution in [3.05, 3.63) is 29.8 Å². The zero-order valence-corrected chi connectivity index (χ0v) is 11.7. The topological polar surface area (TPSA) is 30.5 Å². The Balaban J connectivity index is 2.03. The molecule has 0 saturated heterocycles. The Morgan fingerprint density at radius 2 is 1.78 bits per heavy atom. The second kappa shape index (κ2) is 8.95. The second-order valence-electron chi connectivity index (χ2n) is 4.57. The fourth-order valence-electron chi connectivity index (χ4n) is 1.56. The Labute approximate surface area is 110 Å². The molecule has 0 fully saturated rings. The largest absolute Gasteiger partial charge is 0.491 e. The number of aryl methyl sites for hydroxylation is 1. The summed E-state index contributed by atoms with van der Waals surface area (Å²) in [6.07, 6.45) is 1.06. The number of benzene rings is 1. The van der Waals surface area contributed by atoms with Gasteiger partial charge in [0.2, 0.25) is 0 Å². The molecule has 3 heteroatoms. The summed E-state index contributed by atoms with van der Waals surface area (Å²) in [5, 5.41) is 3.30. The molecule has 0 atom stereocenters. The molecule has 0 aliphatic carbocycles. The maximum absolute atomic E-state index is 5.59. The summed E-state index contributed by atoms with van der Waals surface area (Å²) in [5.74, 6) is 0.913. The van der Waals surface area contributed by atoms with E-state index in [2.05, 4.69) is 38.2 Å². The number of nitrogens with one attached hydrogen (secondary N) is 1. The highest BCUT2D eigenvalue weighted by Crippen LogP contribution is 2.12. The number of rotatable bonds is 9. The van der Waals surface area contributed by atoms with Crippen LogP contribution in [0.1, 0.15) is 26.3 Å². The molecule has 3 nitrogen and oxygen atoms in total. The SMILES string of the molecule is CCc1ccc(OCCOCCNC(C)C)cc1. The van der Waals surface area contributed by atoms with Crippen molar-refractivity contribution in [1.82, 2.24) is 5.32 Å². The van der Waals surface area contributed by atoms with E-state index in [1.807, 2.05) is 12.1 Å². The highest BCUT2D eigenvalue weighted by molar-refractivity contribution is 5.27. The molecule has 1 aromatic carbocycles. The van der Waals surface area contributed by atoms with Crippen LogP contribution in [0.3, 0.4) is 0 Å². The van der Waals surface area contributed by atoms with Crippen LogP contribution in [0.4, 0.5) is 0 Å². The summed E-state index contributed by atoms with van der Waals surface area (Å²) in [6.45, 7) is 9.27. The van der Waals surface area contributed by atoms with Gasteiger partial charge in [-0.1, -0.05) is 32.9 Å². The molecule has 1 aromatic rings. The third kappa shape index (κ3) is 6.62. The first-order valence-corrected chi connectivity index (χ1v) is 6.75. The van der Waals surface area contributed by atoms with Gasteiger partial charge < -0.3 is 14.8 Å². The maximum Gasteiger partial charge on any atom is 0.119 e. The number of hydrogen-bond donors (Lipinski definition) is 1. The average molecular weight is 251 g/mol. The molecule has 0 radical (unpaired) electrons. The van der Waals surface area contributed by atoms with Gasteiger partial charge in [-0.15, -0.1) is 0 Å².